The summed E-state index contributed by atoms with van der Waals surface area (Å²) >= 11 is 0. The van der Waals surface area contributed by atoms with Crippen LogP contribution in [0.25, 0.3) is 0 Å². The monoisotopic (exact) mass is 324 g/mol. The van der Waals surface area contributed by atoms with E-state index < -0.39 is 17.6 Å². The lowest BCUT2D eigenvalue weighted by molar-refractivity contribution is -0.118. The van der Waals surface area contributed by atoms with Crippen molar-refractivity contribution in [3.8, 4) is 0 Å². The number of alkyl carbamates (subject to hydrolysis) is 1. The summed E-state index contributed by atoms with van der Waals surface area (Å²) in [5, 5.41) is 2.24. The summed E-state index contributed by atoms with van der Waals surface area (Å²) in [5.74, 6) is -3.36. The molecule has 1 fully saturated rings. The first kappa shape index (κ1) is 16.9. The van der Waals surface area contributed by atoms with Crippen molar-refractivity contribution in [2.24, 2.45) is 0 Å². The third kappa shape index (κ3) is 3.67. The molecule has 0 aliphatic carbocycles. The molecule has 0 radical (unpaired) electrons. The maximum absolute atomic E-state index is 14.2. The molecular formula is C16H18F2N2O3. The van der Waals surface area contributed by atoms with Crippen LogP contribution in [0.15, 0.2) is 43.0 Å². The summed E-state index contributed by atoms with van der Waals surface area (Å²) in [6.45, 7) is 2.93. The average molecular weight is 324 g/mol. The van der Waals surface area contributed by atoms with Gasteiger partial charge in [0.1, 0.15) is 12.1 Å². The number of rotatable bonds is 6. The van der Waals surface area contributed by atoms with E-state index in [2.05, 4.69) is 11.9 Å². The summed E-state index contributed by atoms with van der Waals surface area (Å²) in [4.78, 5) is 23.9. The Morgan fingerprint density at radius 1 is 1.43 bits per heavy atom. The Morgan fingerprint density at radius 2 is 2.13 bits per heavy atom. The van der Waals surface area contributed by atoms with Gasteiger partial charge in [0.05, 0.1) is 0 Å². The van der Waals surface area contributed by atoms with Crippen LogP contribution in [0.2, 0.25) is 0 Å². The second kappa shape index (κ2) is 6.76. The topological polar surface area (TPSA) is 58.6 Å². The van der Waals surface area contributed by atoms with E-state index in [1.54, 1.807) is 24.3 Å². The first-order chi connectivity index (χ1) is 10.9. The van der Waals surface area contributed by atoms with Gasteiger partial charge in [0.2, 0.25) is 6.41 Å². The highest BCUT2D eigenvalue weighted by molar-refractivity contribution is 5.69. The van der Waals surface area contributed by atoms with E-state index in [4.69, 9.17) is 4.74 Å². The van der Waals surface area contributed by atoms with E-state index >= 15 is 0 Å². The molecule has 1 aliphatic heterocycles. The Hall–Kier alpha value is -2.44. The van der Waals surface area contributed by atoms with E-state index in [0.717, 1.165) is 5.56 Å². The van der Waals surface area contributed by atoms with Crippen molar-refractivity contribution in [1.82, 2.24) is 10.2 Å². The molecule has 2 rings (SSSR count). The van der Waals surface area contributed by atoms with Crippen molar-refractivity contribution >= 4 is 12.5 Å². The fourth-order valence-electron chi connectivity index (χ4n) is 2.54. The van der Waals surface area contributed by atoms with Gasteiger partial charge in [0.25, 0.3) is 5.92 Å². The van der Waals surface area contributed by atoms with E-state index in [1.165, 1.54) is 4.90 Å². The van der Waals surface area contributed by atoms with Gasteiger partial charge in [-0.1, -0.05) is 36.9 Å². The predicted octanol–water partition coefficient (Wildman–Crippen LogP) is 2.33. The third-order valence-electron chi connectivity index (χ3n) is 3.90. The van der Waals surface area contributed by atoms with Crippen molar-refractivity contribution in [3.63, 3.8) is 0 Å². The number of amides is 2. The quantitative estimate of drug-likeness (QED) is 0.645. The van der Waals surface area contributed by atoms with Gasteiger partial charge < -0.3 is 15.0 Å². The van der Waals surface area contributed by atoms with E-state index in [1.807, 2.05) is 6.07 Å². The molecule has 1 heterocycles. The number of benzene rings is 1. The van der Waals surface area contributed by atoms with Gasteiger partial charge in [-0.2, -0.15) is 8.78 Å². The fourth-order valence-corrected chi connectivity index (χ4v) is 2.54. The SMILES string of the molecule is C=CC(F)(F)C1(NC(=O)OCc2ccccc2)CCN(C=O)C1. The standard InChI is InChI=1S/C16H18F2N2O3/c1-2-16(17,18)15(8-9-20(11-15)12-21)19-14(22)23-10-13-6-4-3-5-7-13/h2-7,12H,1,8-11H2,(H,19,22). The minimum Gasteiger partial charge on any atom is -0.445 e. The predicted molar refractivity (Wildman–Crippen MR) is 79.9 cm³/mol. The molecule has 124 valence electrons. The number of halogens is 2. The van der Waals surface area contributed by atoms with Crippen molar-refractivity contribution in [2.45, 2.75) is 24.5 Å². The Labute approximate surface area is 132 Å². The molecule has 2 amide bonds. The first-order valence-electron chi connectivity index (χ1n) is 7.12. The Bertz CT molecular complexity index is 580. The van der Waals surface area contributed by atoms with Crippen LogP contribution < -0.4 is 5.32 Å². The lowest BCUT2D eigenvalue weighted by Crippen LogP contribution is -2.61. The molecule has 1 aromatic rings. The summed E-state index contributed by atoms with van der Waals surface area (Å²) in [7, 11) is 0. The van der Waals surface area contributed by atoms with Crippen LogP contribution >= 0.6 is 0 Å². The lowest BCUT2D eigenvalue weighted by Gasteiger charge is -2.35. The second-order valence-corrected chi connectivity index (χ2v) is 5.42. The van der Waals surface area contributed by atoms with Crippen LogP contribution in [0, 0.1) is 0 Å². The molecule has 5 nitrogen and oxygen atoms in total. The van der Waals surface area contributed by atoms with Gasteiger partial charge in [-0.05, 0) is 18.1 Å². The molecule has 1 saturated heterocycles. The molecular weight excluding hydrogens is 306 g/mol. The number of carbonyl (C=O) groups excluding carboxylic acids is 2. The van der Waals surface area contributed by atoms with Crippen molar-refractivity contribution in [2.75, 3.05) is 13.1 Å². The number of nitrogens with zero attached hydrogens (tertiary/aromatic N) is 1. The largest absolute Gasteiger partial charge is 0.445 e. The molecule has 1 aromatic carbocycles. The number of likely N-dealkylation sites (tertiary alicyclic amines) is 1. The number of carbonyl (C=O) groups is 2. The van der Waals surface area contributed by atoms with Crippen LogP contribution in [0.5, 0.6) is 0 Å². The van der Waals surface area contributed by atoms with Gasteiger partial charge >= 0.3 is 6.09 Å². The minimum atomic E-state index is -3.36. The van der Waals surface area contributed by atoms with E-state index in [9.17, 15) is 18.4 Å². The Kier molecular flexibility index (Phi) is 4.98. The highest BCUT2D eigenvalue weighted by Crippen LogP contribution is 2.37. The molecule has 1 N–H and O–H groups in total. The maximum Gasteiger partial charge on any atom is 0.408 e. The van der Waals surface area contributed by atoms with Crippen LogP contribution in [-0.2, 0) is 16.1 Å². The highest BCUT2D eigenvalue weighted by atomic mass is 19.3. The number of alkyl halides is 2. The lowest BCUT2D eigenvalue weighted by atomic mass is 9.90. The molecule has 0 aromatic heterocycles. The molecule has 0 spiro atoms. The summed E-state index contributed by atoms with van der Waals surface area (Å²) in [6.07, 6.45) is -0.0647. The van der Waals surface area contributed by atoms with Gasteiger partial charge in [-0.25, -0.2) is 4.79 Å². The van der Waals surface area contributed by atoms with Crippen molar-refractivity contribution in [1.29, 1.82) is 0 Å². The smallest absolute Gasteiger partial charge is 0.408 e. The number of hydrogen-bond donors (Lipinski definition) is 1. The first-order valence-corrected chi connectivity index (χ1v) is 7.12. The zero-order valence-corrected chi connectivity index (χ0v) is 12.5. The van der Waals surface area contributed by atoms with Crippen LogP contribution in [-0.4, -0.2) is 42.0 Å². The molecule has 1 unspecified atom stereocenters. The molecule has 0 bridgehead atoms. The highest BCUT2D eigenvalue weighted by Gasteiger charge is 2.56. The van der Waals surface area contributed by atoms with Crippen LogP contribution in [0.4, 0.5) is 13.6 Å². The molecule has 1 aliphatic rings. The normalized spacial score (nSPS) is 20.9. The average Bonchev–Trinajstić information content (AvgIpc) is 2.99. The van der Waals surface area contributed by atoms with Gasteiger partial charge in [-0.3, -0.25) is 4.79 Å². The molecule has 0 saturated carbocycles. The minimum absolute atomic E-state index is 0.0280. The van der Waals surface area contributed by atoms with E-state index in [-0.39, 0.29) is 26.1 Å². The van der Waals surface area contributed by atoms with Crippen LogP contribution in [0.1, 0.15) is 12.0 Å². The van der Waals surface area contributed by atoms with Crippen molar-refractivity contribution in [3.05, 3.63) is 48.6 Å². The number of hydrogen-bond acceptors (Lipinski definition) is 3. The van der Waals surface area contributed by atoms with Gasteiger partial charge in [0, 0.05) is 13.1 Å². The Balaban J connectivity index is 2.05. The zero-order chi connectivity index (χ0) is 16.9. The molecule has 7 heteroatoms. The molecule has 23 heavy (non-hydrogen) atoms. The summed E-state index contributed by atoms with van der Waals surface area (Å²) in [5.41, 5.74) is -1.16. The number of nitrogens with one attached hydrogen (secondary N) is 1. The fraction of sp³-hybridized carbons (Fsp3) is 0.375. The summed E-state index contributed by atoms with van der Waals surface area (Å²) in [6, 6.07) is 8.89. The molecule has 1 atom stereocenters. The third-order valence-corrected chi connectivity index (χ3v) is 3.90. The van der Waals surface area contributed by atoms with Gasteiger partial charge in [-0.15, -0.1) is 0 Å². The summed E-state index contributed by atoms with van der Waals surface area (Å²) < 4.78 is 33.4. The van der Waals surface area contributed by atoms with Crippen LogP contribution in [0.3, 0.4) is 0 Å². The second-order valence-electron chi connectivity index (χ2n) is 5.42. The van der Waals surface area contributed by atoms with E-state index in [0.29, 0.717) is 12.5 Å². The van der Waals surface area contributed by atoms with Crippen molar-refractivity contribution < 1.29 is 23.1 Å². The Morgan fingerprint density at radius 3 is 2.70 bits per heavy atom. The number of ether oxygens (including phenoxy) is 1. The zero-order valence-electron chi connectivity index (χ0n) is 12.5. The maximum atomic E-state index is 14.2. The van der Waals surface area contributed by atoms with Gasteiger partial charge in [0.15, 0.2) is 0 Å².